The SMILES string of the molecule is CCC(=O)Nc1ccc(C(=O)COC(=O)Cc2c[nH]c3ccccc23)cc1. The number of H-pyrrole nitrogens is 1. The Bertz CT molecular complexity index is 973. The summed E-state index contributed by atoms with van der Waals surface area (Å²) < 4.78 is 5.12. The molecule has 1 heterocycles. The lowest BCUT2D eigenvalue weighted by atomic mass is 10.1. The highest BCUT2D eigenvalue weighted by atomic mass is 16.5. The van der Waals surface area contributed by atoms with Gasteiger partial charge >= 0.3 is 5.97 Å². The molecule has 0 spiro atoms. The van der Waals surface area contributed by atoms with Crippen LogP contribution in [0.25, 0.3) is 10.9 Å². The number of anilines is 1. The first-order valence-electron chi connectivity index (χ1n) is 8.70. The Labute approximate surface area is 156 Å². The minimum atomic E-state index is -0.458. The van der Waals surface area contributed by atoms with Crippen LogP contribution in [-0.2, 0) is 20.7 Å². The number of hydrogen-bond acceptors (Lipinski definition) is 4. The number of ketones is 1. The molecule has 6 heteroatoms. The molecule has 1 aromatic heterocycles. The molecule has 0 aliphatic rings. The van der Waals surface area contributed by atoms with Crippen molar-refractivity contribution in [2.24, 2.45) is 0 Å². The average Bonchev–Trinajstić information content (AvgIpc) is 3.09. The van der Waals surface area contributed by atoms with E-state index in [0.29, 0.717) is 17.7 Å². The molecule has 6 nitrogen and oxygen atoms in total. The number of amides is 1. The van der Waals surface area contributed by atoms with Gasteiger partial charge in [-0.15, -0.1) is 0 Å². The summed E-state index contributed by atoms with van der Waals surface area (Å²) >= 11 is 0. The van der Waals surface area contributed by atoms with Crippen molar-refractivity contribution in [2.45, 2.75) is 19.8 Å². The maximum Gasteiger partial charge on any atom is 0.310 e. The molecule has 0 unspecified atom stereocenters. The molecule has 138 valence electrons. The van der Waals surface area contributed by atoms with Crippen molar-refractivity contribution in [3.8, 4) is 0 Å². The minimum Gasteiger partial charge on any atom is -0.457 e. The number of rotatable bonds is 7. The standard InChI is InChI=1S/C21H20N2O4/c1-2-20(25)23-16-9-7-14(8-10-16)19(24)13-27-21(26)11-15-12-22-18-6-4-3-5-17(15)18/h3-10,12,22H,2,11,13H2,1H3,(H,23,25). The number of fused-ring (bicyclic) bond motifs is 1. The highest BCUT2D eigenvalue weighted by Gasteiger charge is 2.13. The molecule has 3 rings (SSSR count). The van der Waals surface area contributed by atoms with E-state index < -0.39 is 5.97 Å². The van der Waals surface area contributed by atoms with Gasteiger partial charge in [-0.1, -0.05) is 25.1 Å². The summed E-state index contributed by atoms with van der Waals surface area (Å²) in [6, 6.07) is 14.2. The Kier molecular flexibility index (Phi) is 5.66. The van der Waals surface area contributed by atoms with Gasteiger partial charge in [0.2, 0.25) is 5.91 Å². The Balaban J connectivity index is 1.54. The number of nitrogens with one attached hydrogen (secondary N) is 2. The Morgan fingerprint density at radius 2 is 1.78 bits per heavy atom. The van der Waals surface area contributed by atoms with Crippen LogP contribution in [0.4, 0.5) is 5.69 Å². The number of aromatic nitrogens is 1. The van der Waals surface area contributed by atoms with Crippen molar-refractivity contribution in [3.63, 3.8) is 0 Å². The molecular formula is C21H20N2O4. The minimum absolute atomic E-state index is 0.0965. The third-order valence-corrected chi connectivity index (χ3v) is 4.19. The summed E-state index contributed by atoms with van der Waals surface area (Å²) in [5.41, 5.74) is 2.82. The molecule has 2 aromatic carbocycles. The highest BCUT2D eigenvalue weighted by molar-refractivity contribution is 5.99. The molecule has 0 bridgehead atoms. The van der Waals surface area contributed by atoms with Crippen LogP contribution in [0.5, 0.6) is 0 Å². The molecule has 3 aromatic rings. The van der Waals surface area contributed by atoms with Crippen molar-refractivity contribution in [1.82, 2.24) is 4.98 Å². The highest BCUT2D eigenvalue weighted by Crippen LogP contribution is 2.18. The van der Waals surface area contributed by atoms with E-state index in [1.165, 1.54) is 0 Å². The van der Waals surface area contributed by atoms with Crippen molar-refractivity contribution < 1.29 is 19.1 Å². The first-order chi connectivity index (χ1) is 13.1. The molecule has 0 saturated carbocycles. The lowest BCUT2D eigenvalue weighted by molar-refractivity contribution is -0.141. The fourth-order valence-electron chi connectivity index (χ4n) is 2.70. The average molecular weight is 364 g/mol. The van der Waals surface area contributed by atoms with Crippen LogP contribution >= 0.6 is 0 Å². The number of benzene rings is 2. The third-order valence-electron chi connectivity index (χ3n) is 4.19. The van der Waals surface area contributed by atoms with Crippen molar-refractivity contribution in [2.75, 3.05) is 11.9 Å². The lowest BCUT2D eigenvalue weighted by Crippen LogP contribution is -2.16. The molecule has 0 saturated heterocycles. The van der Waals surface area contributed by atoms with E-state index in [4.69, 9.17) is 4.74 Å². The van der Waals surface area contributed by atoms with E-state index in [1.807, 2.05) is 24.3 Å². The molecular weight excluding hydrogens is 344 g/mol. The lowest BCUT2D eigenvalue weighted by Gasteiger charge is -2.06. The quantitative estimate of drug-likeness (QED) is 0.496. The van der Waals surface area contributed by atoms with Crippen LogP contribution < -0.4 is 5.32 Å². The summed E-state index contributed by atoms with van der Waals surface area (Å²) in [6.45, 7) is 1.44. The summed E-state index contributed by atoms with van der Waals surface area (Å²) in [6.07, 6.45) is 2.25. The Morgan fingerprint density at radius 3 is 2.52 bits per heavy atom. The largest absolute Gasteiger partial charge is 0.457 e. The fourth-order valence-corrected chi connectivity index (χ4v) is 2.70. The summed E-state index contributed by atoms with van der Waals surface area (Å²) in [5, 5.41) is 3.67. The normalized spacial score (nSPS) is 10.6. The van der Waals surface area contributed by atoms with Gasteiger partial charge in [-0.25, -0.2) is 0 Å². The van der Waals surface area contributed by atoms with Gasteiger partial charge in [-0.2, -0.15) is 0 Å². The number of aromatic amines is 1. The maximum absolute atomic E-state index is 12.2. The zero-order valence-electron chi connectivity index (χ0n) is 15.0. The Morgan fingerprint density at radius 1 is 1.04 bits per heavy atom. The van der Waals surface area contributed by atoms with Gasteiger partial charge in [0, 0.05) is 34.8 Å². The summed E-state index contributed by atoms with van der Waals surface area (Å²) in [4.78, 5) is 38.7. The molecule has 1 amide bonds. The van der Waals surface area contributed by atoms with E-state index in [1.54, 1.807) is 37.4 Å². The topological polar surface area (TPSA) is 88.3 Å². The summed E-state index contributed by atoms with van der Waals surface area (Å²) in [5.74, 6) is -0.851. The van der Waals surface area contributed by atoms with E-state index in [0.717, 1.165) is 16.5 Å². The van der Waals surface area contributed by atoms with Gasteiger partial charge in [0.1, 0.15) is 0 Å². The molecule has 0 radical (unpaired) electrons. The smallest absolute Gasteiger partial charge is 0.310 e. The molecule has 2 N–H and O–H groups in total. The van der Waals surface area contributed by atoms with Gasteiger partial charge in [0.05, 0.1) is 6.42 Å². The van der Waals surface area contributed by atoms with Crippen LogP contribution in [0.15, 0.2) is 54.7 Å². The van der Waals surface area contributed by atoms with Crippen molar-refractivity contribution >= 4 is 34.3 Å². The maximum atomic E-state index is 12.2. The van der Waals surface area contributed by atoms with Crippen LogP contribution in [0.2, 0.25) is 0 Å². The number of Topliss-reactive ketones (excluding diaryl/α,β-unsaturated/α-hetero) is 1. The number of carbonyl (C=O) groups is 3. The van der Waals surface area contributed by atoms with E-state index in [-0.39, 0.29) is 24.7 Å². The van der Waals surface area contributed by atoms with Crippen molar-refractivity contribution in [3.05, 3.63) is 65.9 Å². The van der Waals surface area contributed by atoms with Gasteiger partial charge in [0.15, 0.2) is 12.4 Å². The van der Waals surface area contributed by atoms with Crippen molar-refractivity contribution in [1.29, 1.82) is 0 Å². The Hall–Kier alpha value is -3.41. The zero-order chi connectivity index (χ0) is 19.2. The zero-order valence-corrected chi connectivity index (χ0v) is 15.0. The second kappa shape index (κ2) is 8.31. The second-order valence-corrected chi connectivity index (χ2v) is 6.10. The van der Waals surface area contributed by atoms with E-state index in [9.17, 15) is 14.4 Å². The van der Waals surface area contributed by atoms with Gasteiger partial charge in [-0.05, 0) is 35.9 Å². The van der Waals surface area contributed by atoms with E-state index in [2.05, 4.69) is 10.3 Å². The summed E-state index contributed by atoms with van der Waals surface area (Å²) in [7, 11) is 0. The predicted molar refractivity (Wildman–Crippen MR) is 103 cm³/mol. The number of hydrogen-bond donors (Lipinski definition) is 2. The van der Waals surface area contributed by atoms with Crippen LogP contribution in [0, 0.1) is 0 Å². The first kappa shape index (κ1) is 18.4. The van der Waals surface area contributed by atoms with Crippen LogP contribution in [-0.4, -0.2) is 29.3 Å². The number of esters is 1. The van der Waals surface area contributed by atoms with E-state index >= 15 is 0 Å². The van der Waals surface area contributed by atoms with Gasteiger partial charge in [0.25, 0.3) is 0 Å². The van der Waals surface area contributed by atoms with Gasteiger partial charge < -0.3 is 15.0 Å². The molecule has 0 fully saturated rings. The number of carbonyl (C=O) groups excluding carboxylic acids is 3. The third kappa shape index (κ3) is 4.61. The molecule has 0 atom stereocenters. The fraction of sp³-hybridized carbons (Fsp3) is 0.190. The first-order valence-corrected chi connectivity index (χ1v) is 8.70. The van der Waals surface area contributed by atoms with Crippen LogP contribution in [0.1, 0.15) is 29.3 Å². The second-order valence-electron chi connectivity index (χ2n) is 6.10. The van der Waals surface area contributed by atoms with Crippen LogP contribution in [0.3, 0.4) is 0 Å². The van der Waals surface area contributed by atoms with Gasteiger partial charge in [-0.3, -0.25) is 14.4 Å². The number of para-hydroxylation sites is 1. The molecule has 27 heavy (non-hydrogen) atoms. The monoisotopic (exact) mass is 364 g/mol. The molecule has 0 aliphatic carbocycles. The predicted octanol–water partition coefficient (Wildman–Crippen LogP) is 3.49. The number of ether oxygens (including phenoxy) is 1. The molecule has 0 aliphatic heterocycles.